The monoisotopic (exact) mass is 356 g/mol. The fourth-order valence-corrected chi connectivity index (χ4v) is 2.65. The number of hydrogen-bond donors (Lipinski definition) is 2. The maximum Gasteiger partial charge on any atom is 0.291 e. The molecule has 0 fully saturated rings. The number of rotatable bonds is 5. The lowest BCUT2D eigenvalue weighted by Gasteiger charge is -2.10. The molecule has 0 aliphatic heterocycles. The number of furan rings is 1. The molecule has 2 heterocycles. The molecule has 0 bridgehead atoms. The van der Waals surface area contributed by atoms with Crippen LogP contribution in [0.1, 0.15) is 15.4 Å². The molecule has 3 rings (SSSR count). The fourth-order valence-electron chi connectivity index (χ4n) is 2.00. The molecule has 2 N–H and O–H groups in total. The highest BCUT2D eigenvalue weighted by atomic mass is 32.1. The number of carbonyl (C=O) groups excluding carboxylic acids is 2. The smallest absolute Gasteiger partial charge is 0.291 e. The minimum atomic E-state index is -0.540. The average molecular weight is 356 g/mol. The molecule has 7 heteroatoms. The van der Waals surface area contributed by atoms with Gasteiger partial charge in [0.1, 0.15) is 11.5 Å². The SMILES string of the molecule is O=C(Nc1ccc(F)cc1)/C(=C\c1cccs1)NC(=O)c1ccco1. The van der Waals surface area contributed by atoms with Gasteiger partial charge in [0.05, 0.1) is 6.26 Å². The van der Waals surface area contributed by atoms with Crippen molar-refractivity contribution in [3.63, 3.8) is 0 Å². The van der Waals surface area contributed by atoms with Gasteiger partial charge >= 0.3 is 0 Å². The van der Waals surface area contributed by atoms with E-state index in [1.54, 1.807) is 12.1 Å². The molecule has 0 aliphatic carbocycles. The minimum absolute atomic E-state index is 0.0492. The highest BCUT2D eigenvalue weighted by molar-refractivity contribution is 7.10. The Morgan fingerprint density at radius 1 is 1.08 bits per heavy atom. The Labute approximate surface area is 146 Å². The lowest BCUT2D eigenvalue weighted by molar-refractivity contribution is -0.113. The molecular formula is C18H13FN2O3S. The van der Waals surface area contributed by atoms with Crippen molar-refractivity contribution in [1.82, 2.24) is 5.32 Å². The van der Waals surface area contributed by atoms with Crippen LogP contribution in [-0.2, 0) is 4.79 Å². The number of amides is 2. The zero-order valence-electron chi connectivity index (χ0n) is 12.9. The molecule has 3 aromatic rings. The third-order valence-corrected chi connectivity index (χ3v) is 3.99. The quantitative estimate of drug-likeness (QED) is 0.681. The van der Waals surface area contributed by atoms with Gasteiger partial charge in [0.2, 0.25) is 0 Å². The molecule has 0 atom stereocenters. The zero-order valence-corrected chi connectivity index (χ0v) is 13.7. The van der Waals surface area contributed by atoms with Gasteiger partial charge < -0.3 is 15.1 Å². The van der Waals surface area contributed by atoms with Gasteiger partial charge in [-0.25, -0.2) is 4.39 Å². The first-order valence-corrected chi connectivity index (χ1v) is 8.17. The summed E-state index contributed by atoms with van der Waals surface area (Å²) in [6, 6.07) is 12.1. The first-order chi connectivity index (χ1) is 12.1. The zero-order chi connectivity index (χ0) is 17.6. The van der Waals surface area contributed by atoms with Crippen molar-refractivity contribution in [2.75, 3.05) is 5.32 Å². The molecule has 0 spiro atoms. The van der Waals surface area contributed by atoms with Crippen LogP contribution in [0.5, 0.6) is 0 Å². The lowest BCUT2D eigenvalue weighted by Crippen LogP contribution is -2.30. The van der Waals surface area contributed by atoms with Gasteiger partial charge in [-0.15, -0.1) is 11.3 Å². The van der Waals surface area contributed by atoms with E-state index in [0.717, 1.165) is 4.88 Å². The van der Waals surface area contributed by atoms with Crippen molar-refractivity contribution in [1.29, 1.82) is 0 Å². The fraction of sp³-hybridized carbons (Fsp3) is 0. The largest absolute Gasteiger partial charge is 0.459 e. The lowest BCUT2D eigenvalue weighted by atomic mass is 10.2. The van der Waals surface area contributed by atoms with E-state index in [1.807, 2.05) is 17.5 Å². The Morgan fingerprint density at radius 2 is 1.88 bits per heavy atom. The Kier molecular flexibility index (Phi) is 5.06. The third kappa shape index (κ3) is 4.42. The summed E-state index contributed by atoms with van der Waals surface area (Å²) in [5.41, 5.74) is 0.462. The van der Waals surface area contributed by atoms with Gasteiger partial charge in [0, 0.05) is 10.6 Å². The molecule has 5 nitrogen and oxygen atoms in total. The summed E-state index contributed by atoms with van der Waals surface area (Å²) < 4.78 is 18.0. The van der Waals surface area contributed by atoms with Gasteiger partial charge in [-0.05, 0) is 53.9 Å². The van der Waals surface area contributed by atoms with Crippen molar-refractivity contribution >= 4 is 34.9 Å². The number of benzene rings is 1. The van der Waals surface area contributed by atoms with Gasteiger partial charge in [0.15, 0.2) is 5.76 Å². The average Bonchev–Trinajstić information content (AvgIpc) is 3.29. The van der Waals surface area contributed by atoms with Crippen molar-refractivity contribution in [3.8, 4) is 0 Å². The van der Waals surface area contributed by atoms with Crippen LogP contribution in [0.15, 0.2) is 70.3 Å². The molecule has 0 unspecified atom stereocenters. The minimum Gasteiger partial charge on any atom is -0.459 e. The normalized spacial score (nSPS) is 11.2. The molecule has 2 amide bonds. The maximum absolute atomic E-state index is 13.0. The summed E-state index contributed by atoms with van der Waals surface area (Å²) in [7, 11) is 0. The highest BCUT2D eigenvalue weighted by Crippen LogP contribution is 2.15. The van der Waals surface area contributed by atoms with E-state index in [2.05, 4.69) is 10.6 Å². The summed E-state index contributed by atoms with van der Waals surface area (Å²) >= 11 is 1.42. The molecule has 2 aromatic heterocycles. The van der Waals surface area contributed by atoms with E-state index >= 15 is 0 Å². The molecule has 0 aliphatic rings. The van der Waals surface area contributed by atoms with Crippen LogP contribution in [0.4, 0.5) is 10.1 Å². The van der Waals surface area contributed by atoms with Crippen LogP contribution in [-0.4, -0.2) is 11.8 Å². The second-order valence-corrected chi connectivity index (χ2v) is 5.95. The van der Waals surface area contributed by atoms with E-state index in [9.17, 15) is 14.0 Å². The van der Waals surface area contributed by atoms with Crippen LogP contribution in [0.25, 0.3) is 6.08 Å². The Hall–Kier alpha value is -3.19. The Morgan fingerprint density at radius 3 is 2.52 bits per heavy atom. The summed E-state index contributed by atoms with van der Waals surface area (Å²) in [4.78, 5) is 25.5. The van der Waals surface area contributed by atoms with Crippen LogP contribution < -0.4 is 10.6 Å². The molecule has 0 radical (unpaired) electrons. The number of carbonyl (C=O) groups is 2. The van der Waals surface area contributed by atoms with Crippen LogP contribution >= 0.6 is 11.3 Å². The predicted octanol–water partition coefficient (Wildman–Crippen LogP) is 3.89. The molecule has 126 valence electrons. The standard InChI is InChI=1S/C18H13FN2O3S/c19-12-5-7-13(8-6-12)20-17(22)15(11-14-3-2-10-25-14)21-18(23)16-4-1-9-24-16/h1-11H,(H,20,22)(H,21,23)/b15-11+. The summed E-state index contributed by atoms with van der Waals surface area (Å²) in [5.74, 6) is -1.38. The molecular weight excluding hydrogens is 343 g/mol. The molecule has 25 heavy (non-hydrogen) atoms. The highest BCUT2D eigenvalue weighted by Gasteiger charge is 2.16. The first kappa shape index (κ1) is 16.7. The van der Waals surface area contributed by atoms with E-state index in [1.165, 1.54) is 47.9 Å². The number of anilines is 1. The van der Waals surface area contributed by atoms with E-state index in [0.29, 0.717) is 5.69 Å². The molecule has 0 saturated carbocycles. The number of thiophene rings is 1. The Bertz CT molecular complexity index is 885. The molecule has 0 saturated heterocycles. The second-order valence-electron chi connectivity index (χ2n) is 4.97. The Balaban J connectivity index is 1.81. The van der Waals surface area contributed by atoms with Crippen molar-refractivity contribution in [2.24, 2.45) is 0 Å². The maximum atomic E-state index is 13.0. The van der Waals surface area contributed by atoms with Crippen LogP contribution in [0.2, 0.25) is 0 Å². The summed E-state index contributed by atoms with van der Waals surface area (Å²) in [6.45, 7) is 0. The topological polar surface area (TPSA) is 71.3 Å². The summed E-state index contributed by atoms with van der Waals surface area (Å²) in [6.07, 6.45) is 2.93. The number of hydrogen-bond acceptors (Lipinski definition) is 4. The van der Waals surface area contributed by atoms with E-state index in [-0.39, 0.29) is 11.5 Å². The van der Waals surface area contributed by atoms with Crippen molar-refractivity contribution < 1.29 is 18.4 Å². The van der Waals surface area contributed by atoms with Gasteiger partial charge in [-0.2, -0.15) is 0 Å². The molecule has 1 aromatic carbocycles. The van der Waals surface area contributed by atoms with E-state index < -0.39 is 17.6 Å². The first-order valence-electron chi connectivity index (χ1n) is 7.29. The number of nitrogens with one attached hydrogen (secondary N) is 2. The second kappa shape index (κ2) is 7.59. The number of halogens is 1. The summed E-state index contributed by atoms with van der Waals surface area (Å²) in [5, 5.41) is 7.01. The van der Waals surface area contributed by atoms with Crippen LogP contribution in [0, 0.1) is 5.82 Å². The predicted molar refractivity (Wildman–Crippen MR) is 93.5 cm³/mol. The van der Waals surface area contributed by atoms with Crippen molar-refractivity contribution in [2.45, 2.75) is 0 Å². The van der Waals surface area contributed by atoms with Gasteiger partial charge in [0.25, 0.3) is 11.8 Å². The van der Waals surface area contributed by atoms with Crippen LogP contribution in [0.3, 0.4) is 0 Å². The van der Waals surface area contributed by atoms with E-state index in [4.69, 9.17) is 4.42 Å². The van der Waals surface area contributed by atoms with Gasteiger partial charge in [-0.3, -0.25) is 9.59 Å². The third-order valence-electron chi connectivity index (χ3n) is 3.17. The van der Waals surface area contributed by atoms with Crippen molar-refractivity contribution in [3.05, 3.63) is 82.3 Å². The van der Waals surface area contributed by atoms with Gasteiger partial charge in [-0.1, -0.05) is 6.07 Å².